The van der Waals surface area contributed by atoms with Crippen molar-refractivity contribution in [2.24, 2.45) is 5.41 Å². The molecule has 2 aliphatic heterocycles. The van der Waals surface area contributed by atoms with Crippen LogP contribution in [0.5, 0.6) is 0 Å². The standard InChI is InChI=1S/C22H25N7/c1-3-16-5-4-15(8-18(16)23-2)9-26-19-10-25-17-6-7-20(28-21(17)27-19)29-13-22(14-29)11-24-12-22/h3-8,10,23-24H,1,9,11-14H2,2H3,(H,26,27,28). The maximum atomic E-state index is 4.76. The molecule has 29 heavy (non-hydrogen) atoms. The third kappa shape index (κ3) is 3.27. The fourth-order valence-electron chi connectivity index (χ4n) is 4.08. The highest BCUT2D eigenvalue weighted by Gasteiger charge is 2.47. The van der Waals surface area contributed by atoms with E-state index < -0.39 is 0 Å². The van der Waals surface area contributed by atoms with Crippen LogP contribution < -0.4 is 20.9 Å². The molecule has 0 bridgehead atoms. The van der Waals surface area contributed by atoms with Crippen molar-refractivity contribution in [3.8, 4) is 0 Å². The van der Waals surface area contributed by atoms with Gasteiger partial charge in [-0.05, 0) is 29.3 Å². The maximum Gasteiger partial charge on any atom is 0.182 e. The number of anilines is 3. The van der Waals surface area contributed by atoms with Crippen molar-refractivity contribution >= 4 is 34.6 Å². The molecule has 0 unspecified atom stereocenters. The highest BCUT2D eigenvalue weighted by Crippen LogP contribution is 2.36. The van der Waals surface area contributed by atoms with Crippen LogP contribution in [0.4, 0.5) is 17.3 Å². The third-order valence-corrected chi connectivity index (χ3v) is 5.85. The number of benzene rings is 1. The van der Waals surface area contributed by atoms with E-state index >= 15 is 0 Å². The molecule has 5 rings (SSSR count). The summed E-state index contributed by atoms with van der Waals surface area (Å²) in [6.45, 7) is 8.88. The van der Waals surface area contributed by atoms with Gasteiger partial charge in [0.05, 0.1) is 6.20 Å². The fourth-order valence-corrected chi connectivity index (χ4v) is 4.08. The van der Waals surface area contributed by atoms with Gasteiger partial charge in [-0.25, -0.2) is 15.0 Å². The lowest BCUT2D eigenvalue weighted by molar-refractivity contribution is 0.120. The Hall–Kier alpha value is -3.19. The lowest BCUT2D eigenvalue weighted by Crippen LogP contribution is -2.71. The molecule has 3 N–H and O–H groups in total. The minimum absolute atomic E-state index is 0.471. The van der Waals surface area contributed by atoms with Crippen molar-refractivity contribution in [2.45, 2.75) is 6.54 Å². The Bertz CT molecular complexity index is 1070. The highest BCUT2D eigenvalue weighted by molar-refractivity contribution is 5.74. The summed E-state index contributed by atoms with van der Waals surface area (Å²) < 4.78 is 0. The van der Waals surface area contributed by atoms with Crippen LogP contribution in [-0.4, -0.2) is 48.2 Å². The van der Waals surface area contributed by atoms with Crippen molar-refractivity contribution in [3.05, 3.63) is 54.2 Å². The Morgan fingerprint density at radius 3 is 2.79 bits per heavy atom. The molecule has 2 fully saturated rings. The summed E-state index contributed by atoms with van der Waals surface area (Å²) >= 11 is 0. The smallest absolute Gasteiger partial charge is 0.182 e. The number of hydrogen-bond acceptors (Lipinski definition) is 7. The van der Waals surface area contributed by atoms with Gasteiger partial charge in [-0.15, -0.1) is 0 Å². The first-order valence-electron chi connectivity index (χ1n) is 9.95. The maximum absolute atomic E-state index is 4.76. The van der Waals surface area contributed by atoms with E-state index in [4.69, 9.17) is 4.98 Å². The second-order valence-corrected chi connectivity index (χ2v) is 7.96. The van der Waals surface area contributed by atoms with Crippen molar-refractivity contribution in [2.75, 3.05) is 48.8 Å². The van der Waals surface area contributed by atoms with E-state index in [2.05, 4.69) is 55.6 Å². The average Bonchev–Trinajstić information content (AvgIpc) is 2.69. The molecule has 0 atom stereocenters. The van der Waals surface area contributed by atoms with Gasteiger partial charge < -0.3 is 20.9 Å². The molecule has 7 heteroatoms. The molecule has 148 valence electrons. The van der Waals surface area contributed by atoms with Crippen molar-refractivity contribution in [1.82, 2.24) is 20.3 Å². The zero-order chi connectivity index (χ0) is 19.8. The van der Waals surface area contributed by atoms with Crippen molar-refractivity contribution < 1.29 is 0 Å². The van der Waals surface area contributed by atoms with Crippen LogP contribution in [0.25, 0.3) is 17.2 Å². The number of nitrogens with zero attached hydrogens (tertiary/aromatic N) is 4. The first-order chi connectivity index (χ1) is 14.2. The molecule has 0 amide bonds. The monoisotopic (exact) mass is 387 g/mol. The second-order valence-electron chi connectivity index (χ2n) is 7.96. The number of aromatic nitrogens is 3. The van der Waals surface area contributed by atoms with Crippen LogP contribution in [0, 0.1) is 5.41 Å². The van der Waals surface area contributed by atoms with E-state index in [-0.39, 0.29) is 0 Å². The Balaban J connectivity index is 1.31. The van der Waals surface area contributed by atoms with Crippen molar-refractivity contribution in [3.63, 3.8) is 0 Å². The number of nitrogens with one attached hydrogen (secondary N) is 3. The van der Waals surface area contributed by atoms with Crippen LogP contribution in [0.2, 0.25) is 0 Å². The number of fused-ring (bicyclic) bond motifs is 1. The molecular weight excluding hydrogens is 362 g/mol. The van der Waals surface area contributed by atoms with Crippen LogP contribution in [0.15, 0.2) is 43.1 Å². The molecule has 0 saturated carbocycles. The first-order valence-corrected chi connectivity index (χ1v) is 9.95. The molecule has 1 spiro atoms. The summed E-state index contributed by atoms with van der Waals surface area (Å²) in [5, 5.41) is 9.93. The lowest BCUT2D eigenvalue weighted by Gasteiger charge is -2.56. The SMILES string of the molecule is C=Cc1ccc(CNc2cnc3ccc(N4CC5(CNC5)C4)nc3n2)cc1NC. The molecule has 2 aliphatic rings. The van der Waals surface area contributed by atoms with E-state index in [1.807, 2.05) is 25.3 Å². The Morgan fingerprint density at radius 2 is 2.07 bits per heavy atom. The van der Waals surface area contributed by atoms with E-state index in [9.17, 15) is 0 Å². The van der Waals surface area contributed by atoms with Gasteiger partial charge in [0.25, 0.3) is 0 Å². The largest absolute Gasteiger partial charge is 0.388 e. The summed E-state index contributed by atoms with van der Waals surface area (Å²) in [6.07, 6.45) is 3.61. The summed E-state index contributed by atoms with van der Waals surface area (Å²) in [5.41, 5.74) is 5.27. The Morgan fingerprint density at radius 1 is 1.21 bits per heavy atom. The Kier molecular flexibility index (Phi) is 4.32. The molecule has 0 radical (unpaired) electrons. The minimum Gasteiger partial charge on any atom is -0.388 e. The zero-order valence-corrected chi connectivity index (χ0v) is 16.6. The topological polar surface area (TPSA) is 78.0 Å². The van der Waals surface area contributed by atoms with Gasteiger partial charge >= 0.3 is 0 Å². The Labute approximate surface area is 170 Å². The second kappa shape index (κ2) is 7.00. The van der Waals surface area contributed by atoms with Crippen LogP contribution in [0.3, 0.4) is 0 Å². The number of rotatable bonds is 6. The molecule has 2 saturated heterocycles. The van der Waals surface area contributed by atoms with Gasteiger partial charge in [0.15, 0.2) is 5.65 Å². The summed E-state index contributed by atoms with van der Waals surface area (Å²) in [6, 6.07) is 10.3. The van der Waals surface area contributed by atoms with Gasteiger partial charge in [-0.1, -0.05) is 24.8 Å². The van der Waals surface area contributed by atoms with E-state index in [1.165, 1.54) is 0 Å². The number of pyridine rings is 1. The minimum atomic E-state index is 0.471. The van der Waals surface area contributed by atoms with Gasteiger partial charge in [0.1, 0.15) is 17.2 Å². The van der Waals surface area contributed by atoms with Crippen LogP contribution >= 0.6 is 0 Å². The molecule has 2 aromatic heterocycles. The summed E-state index contributed by atoms with van der Waals surface area (Å²) in [5.74, 6) is 1.71. The van der Waals surface area contributed by atoms with Gasteiger partial charge in [0, 0.05) is 50.9 Å². The third-order valence-electron chi connectivity index (χ3n) is 5.85. The summed E-state index contributed by atoms with van der Waals surface area (Å²) in [4.78, 5) is 16.3. The van der Waals surface area contributed by atoms with E-state index in [0.717, 1.165) is 60.1 Å². The van der Waals surface area contributed by atoms with Crippen LogP contribution in [-0.2, 0) is 6.54 Å². The molecule has 1 aromatic carbocycles. The fraction of sp³-hybridized carbons (Fsp3) is 0.318. The van der Waals surface area contributed by atoms with Crippen LogP contribution in [0.1, 0.15) is 11.1 Å². The number of hydrogen-bond donors (Lipinski definition) is 3. The molecule has 4 heterocycles. The molecule has 0 aliphatic carbocycles. The first kappa shape index (κ1) is 17.9. The van der Waals surface area contributed by atoms with Crippen molar-refractivity contribution in [1.29, 1.82) is 0 Å². The lowest BCUT2D eigenvalue weighted by atomic mass is 9.74. The molecule has 7 nitrogen and oxygen atoms in total. The van der Waals surface area contributed by atoms with Gasteiger partial charge in [-0.2, -0.15) is 0 Å². The summed E-state index contributed by atoms with van der Waals surface area (Å²) in [7, 11) is 1.92. The predicted octanol–water partition coefficient (Wildman–Crippen LogP) is 2.73. The van der Waals surface area contributed by atoms with E-state index in [0.29, 0.717) is 17.6 Å². The van der Waals surface area contributed by atoms with E-state index in [1.54, 1.807) is 6.20 Å². The molecule has 3 aromatic rings. The normalized spacial score (nSPS) is 16.9. The highest BCUT2D eigenvalue weighted by atomic mass is 15.3. The predicted molar refractivity (Wildman–Crippen MR) is 118 cm³/mol. The van der Waals surface area contributed by atoms with Gasteiger partial charge in [0.2, 0.25) is 0 Å². The average molecular weight is 387 g/mol. The zero-order valence-electron chi connectivity index (χ0n) is 16.6. The van der Waals surface area contributed by atoms with Gasteiger partial charge in [-0.3, -0.25) is 0 Å². The quantitative estimate of drug-likeness (QED) is 0.600. The molecular formula is C22H25N7.